The lowest BCUT2D eigenvalue weighted by atomic mass is 10.1. The lowest BCUT2D eigenvalue weighted by Gasteiger charge is -2.16. The molecule has 1 aromatic rings. The van der Waals surface area contributed by atoms with E-state index in [1.54, 1.807) is 6.92 Å². The lowest BCUT2D eigenvalue weighted by Crippen LogP contribution is -2.43. The van der Waals surface area contributed by atoms with Gasteiger partial charge in [0.05, 0.1) is 13.7 Å². The Balaban J connectivity index is 2.71. The van der Waals surface area contributed by atoms with E-state index in [-0.39, 0.29) is 18.8 Å². The van der Waals surface area contributed by atoms with Gasteiger partial charge in [-0.25, -0.2) is 14.0 Å². The van der Waals surface area contributed by atoms with Gasteiger partial charge >= 0.3 is 12.1 Å². The van der Waals surface area contributed by atoms with Crippen LogP contribution in [0, 0.1) is 5.82 Å². The smallest absolute Gasteiger partial charge is 0.407 e. The molecule has 0 aliphatic heterocycles. The fourth-order valence-electron chi connectivity index (χ4n) is 1.51. The lowest BCUT2D eigenvalue weighted by molar-refractivity contribution is -0.142. The summed E-state index contributed by atoms with van der Waals surface area (Å²) in [5, 5.41) is 2.40. The highest BCUT2D eigenvalue weighted by Crippen LogP contribution is 2.07. The van der Waals surface area contributed by atoms with Crippen LogP contribution in [0.1, 0.15) is 12.5 Å². The molecule has 0 saturated carbocycles. The Morgan fingerprint density at radius 2 is 1.95 bits per heavy atom. The molecule has 1 N–H and O–H groups in total. The van der Waals surface area contributed by atoms with Crippen molar-refractivity contribution in [3.63, 3.8) is 0 Å². The SMILES string of the molecule is CCOC(=O)N[C@@H](Cc1ccc(F)cc1)C(=O)OC. The highest BCUT2D eigenvalue weighted by molar-refractivity contribution is 5.81. The molecule has 5 nitrogen and oxygen atoms in total. The van der Waals surface area contributed by atoms with Crippen molar-refractivity contribution in [3.8, 4) is 0 Å². The van der Waals surface area contributed by atoms with Crippen molar-refractivity contribution in [2.45, 2.75) is 19.4 Å². The summed E-state index contributed by atoms with van der Waals surface area (Å²) in [5.41, 5.74) is 0.702. The molecule has 0 aliphatic rings. The van der Waals surface area contributed by atoms with E-state index < -0.39 is 18.1 Å². The van der Waals surface area contributed by atoms with Crippen molar-refractivity contribution in [2.75, 3.05) is 13.7 Å². The summed E-state index contributed by atoms with van der Waals surface area (Å²) in [6.07, 6.45) is -0.494. The van der Waals surface area contributed by atoms with Gasteiger partial charge in [-0.3, -0.25) is 0 Å². The minimum absolute atomic E-state index is 0.200. The van der Waals surface area contributed by atoms with Gasteiger partial charge in [0.1, 0.15) is 11.9 Å². The molecule has 104 valence electrons. The highest BCUT2D eigenvalue weighted by atomic mass is 19.1. The number of ether oxygens (including phenoxy) is 2. The molecular formula is C13H16FNO4. The second kappa shape index (κ2) is 7.35. The van der Waals surface area contributed by atoms with Crippen molar-refractivity contribution >= 4 is 12.1 Å². The van der Waals surface area contributed by atoms with Crippen molar-refractivity contribution in [1.29, 1.82) is 0 Å². The first kappa shape index (κ1) is 14.9. The molecule has 1 rings (SSSR count). The Hall–Kier alpha value is -2.11. The number of carbonyl (C=O) groups excluding carboxylic acids is 2. The molecule has 19 heavy (non-hydrogen) atoms. The molecule has 6 heteroatoms. The fraction of sp³-hybridized carbons (Fsp3) is 0.385. The number of hydrogen-bond donors (Lipinski definition) is 1. The van der Waals surface area contributed by atoms with Crippen LogP contribution in [0.4, 0.5) is 9.18 Å². The molecule has 1 aromatic carbocycles. The summed E-state index contributed by atoms with van der Waals surface area (Å²) in [7, 11) is 1.23. The summed E-state index contributed by atoms with van der Waals surface area (Å²) in [4.78, 5) is 22.9. The molecule has 0 aliphatic carbocycles. The number of esters is 1. The van der Waals surface area contributed by atoms with Crippen LogP contribution < -0.4 is 5.32 Å². The van der Waals surface area contributed by atoms with E-state index in [1.807, 2.05) is 0 Å². The maximum absolute atomic E-state index is 12.8. The van der Waals surface area contributed by atoms with E-state index in [9.17, 15) is 14.0 Å². The molecule has 0 aromatic heterocycles. The zero-order valence-corrected chi connectivity index (χ0v) is 10.8. The fourth-order valence-corrected chi connectivity index (χ4v) is 1.51. The van der Waals surface area contributed by atoms with Crippen molar-refractivity contribution < 1.29 is 23.5 Å². The van der Waals surface area contributed by atoms with Gasteiger partial charge in [-0.15, -0.1) is 0 Å². The van der Waals surface area contributed by atoms with Crippen LogP contribution in [0.25, 0.3) is 0 Å². The third-order valence-corrected chi connectivity index (χ3v) is 2.41. The highest BCUT2D eigenvalue weighted by Gasteiger charge is 2.22. The van der Waals surface area contributed by atoms with E-state index in [0.717, 1.165) is 0 Å². The Kier molecular flexibility index (Phi) is 5.78. The number of amides is 1. The van der Waals surface area contributed by atoms with E-state index in [1.165, 1.54) is 31.4 Å². The number of halogens is 1. The van der Waals surface area contributed by atoms with Gasteiger partial charge < -0.3 is 14.8 Å². The van der Waals surface area contributed by atoms with Gasteiger partial charge in [-0.1, -0.05) is 12.1 Å². The first-order valence-electron chi connectivity index (χ1n) is 5.82. The van der Waals surface area contributed by atoms with Gasteiger partial charge in [0.15, 0.2) is 0 Å². The van der Waals surface area contributed by atoms with Crippen LogP contribution in [0.5, 0.6) is 0 Å². The maximum Gasteiger partial charge on any atom is 0.407 e. The van der Waals surface area contributed by atoms with E-state index in [2.05, 4.69) is 10.1 Å². The number of rotatable bonds is 5. The molecule has 0 fully saturated rings. The second-order valence-corrected chi connectivity index (χ2v) is 3.77. The third-order valence-electron chi connectivity index (χ3n) is 2.41. The average Bonchev–Trinajstić information content (AvgIpc) is 2.40. The molecular weight excluding hydrogens is 253 g/mol. The molecule has 0 bridgehead atoms. The quantitative estimate of drug-likeness (QED) is 0.826. The normalized spacial score (nSPS) is 11.5. The number of hydrogen-bond acceptors (Lipinski definition) is 4. The van der Waals surface area contributed by atoms with Crippen LogP contribution in [0.2, 0.25) is 0 Å². The summed E-state index contributed by atoms with van der Waals surface area (Å²) >= 11 is 0. The van der Waals surface area contributed by atoms with E-state index >= 15 is 0 Å². The average molecular weight is 269 g/mol. The number of carbonyl (C=O) groups is 2. The van der Waals surface area contributed by atoms with Crippen LogP contribution in [-0.4, -0.2) is 31.8 Å². The molecule has 0 heterocycles. The van der Waals surface area contributed by atoms with Crippen molar-refractivity contribution in [1.82, 2.24) is 5.32 Å². The number of benzene rings is 1. The second-order valence-electron chi connectivity index (χ2n) is 3.77. The Bertz CT molecular complexity index is 433. The van der Waals surface area contributed by atoms with Gasteiger partial charge in [-0.05, 0) is 24.6 Å². The summed E-state index contributed by atoms with van der Waals surface area (Å²) in [5.74, 6) is -0.950. The molecule has 0 saturated heterocycles. The molecule has 0 spiro atoms. The van der Waals surface area contributed by atoms with E-state index in [4.69, 9.17) is 4.74 Å². The van der Waals surface area contributed by atoms with Gasteiger partial charge in [0.2, 0.25) is 0 Å². The summed E-state index contributed by atoms with van der Waals surface area (Å²) < 4.78 is 22.1. The van der Waals surface area contributed by atoms with Gasteiger partial charge in [0, 0.05) is 6.42 Å². The van der Waals surface area contributed by atoms with Crippen molar-refractivity contribution in [2.24, 2.45) is 0 Å². The van der Waals surface area contributed by atoms with Gasteiger partial charge in [0.25, 0.3) is 0 Å². The summed E-state index contributed by atoms with van der Waals surface area (Å²) in [6, 6.07) is 4.78. The first-order chi connectivity index (χ1) is 9.06. The Morgan fingerprint density at radius 3 is 2.47 bits per heavy atom. The Labute approximate surface area is 110 Å². The van der Waals surface area contributed by atoms with Gasteiger partial charge in [-0.2, -0.15) is 0 Å². The number of alkyl carbamates (subject to hydrolysis) is 1. The minimum Gasteiger partial charge on any atom is -0.467 e. The molecule has 1 atom stereocenters. The largest absolute Gasteiger partial charge is 0.467 e. The van der Waals surface area contributed by atoms with E-state index in [0.29, 0.717) is 5.56 Å². The molecule has 0 unspecified atom stereocenters. The Morgan fingerprint density at radius 1 is 1.32 bits per heavy atom. The van der Waals surface area contributed by atoms with Crippen LogP contribution in [0.15, 0.2) is 24.3 Å². The molecule has 0 radical (unpaired) electrons. The predicted molar refractivity (Wildman–Crippen MR) is 66.1 cm³/mol. The standard InChI is InChI=1S/C13H16FNO4/c1-3-19-13(17)15-11(12(16)18-2)8-9-4-6-10(14)7-5-9/h4-7,11H,3,8H2,1-2H3,(H,15,17)/t11-/m0/s1. The minimum atomic E-state index is -0.866. The van der Waals surface area contributed by atoms with Crippen LogP contribution in [0.3, 0.4) is 0 Å². The first-order valence-corrected chi connectivity index (χ1v) is 5.82. The third kappa shape index (κ3) is 4.95. The zero-order valence-electron chi connectivity index (χ0n) is 10.8. The monoisotopic (exact) mass is 269 g/mol. The van der Waals surface area contributed by atoms with Crippen LogP contribution >= 0.6 is 0 Å². The predicted octanol–water partition coefficient (Wildman–Crippen LogP) is 1.66. The molecule has 1 amide bonds. The van der Waals surface area contributed by atoms with Crippen LogP contribution in [-0.2, 0) is 20.7 Å². The van der Waals surface area contributed by atoms with Crippen molar-refractivity contribution in [3.05, 3.63) is 35.6 Å². The number of methoxy groups -OCH3 is 1. The maximum atomic E-state index is 12.8. The number of nitrogens with one attached hydrogen (secondary N) is 1. The topological polar surface area (TPSA) is 64.6 Å². The zero-order chi connectivity index (χ0) is 14.3. The summed E-state index contributed by atoms with van der Waals surface area (Å²) in [6.45, 7) is 1.86.